The van der Waals surface area contributed by atoms with Crippen molar-refractivity contribution in [2.45, 2.75) is 66.0 Å². The van der Waals surface area contributed by atoms with Gasteiger partial charge in [0.15, 0.2) is 5.03 Å². The van der Waals surface area contributed by atoms with E-state index in [0.717, 1.165) is 0 Å². The Morgan fingerprint density at radius 2 is 1.79 bits per heavy atom. The third kappa shape index (κ3) is 8.74. The zero-order valence-corrected chi connectivity index (χ0v) is 24.2. The Kier molecular flexibility index (Phi) is 9.32. The van der Waals surface area contributed by atoms with E-state index in [0.29, 0.717) is 35.7 Å². The summed E-state index contributed by atoms with van der Waals surface area (Å²) in [4.78, 5) is 21.7. The number of carbonyl (C=O) groups excluding carboxylic acids is 1. The molecular formula is C29H40FN3O5S. The number of rotatable bonds is 10. The van der Waals surface area contributed by atoms with Gasteiger partial charge in [0.05, 0.1) is 18.4 Å². The number of pyridine rings is 2. The van der Waals surface area contributed by atoms with Gasteiger partial charge in [0.25, 0.3) is 15.9 Å². The highest BCUT2D eigenvalue weighted by Gasteiger charge is 2.26. The van der Waals surface area contributed by atoms with Crippen LogP contribution in [0.4, 0.5) is 4.39 Å². The fourth-order valence-electron chi connectivity index (χ4n) is 3.91. The van der Waals surface area contributed by atoms with E-state index < -0.39 is 21.7 Å². The number of nitrogens with zero attached hydrogens (tertiary/aromatic N) is 2. The SMILES string of the molecule is Cc1cccc(S(=O)(=O)NC(=O)c2ccc(-c3cc(F)cc(OCC(C)C)c3)nc2OC(C)CC(C)(C)C)n1.[HH].[HH]. The molecule has 39 heavy (non-hydrogen) atoms. The number of hydrogen-bond donors (Lipinski definition) is 1. The molecule has 10 heteroatoms. The number of aryl methyl sites for hydroxylation is 1. The fourth-order valence-corrected chi connectivity index (χ4v) is 4.89. The summed E-state index contributed by atoms with van der Waals surface area (Å²) in [5.41, 5.74) is 1.09. The summed E-state index contributed by atoms with van der Waals surface area (Å²) < 4.78 is 54.0. The van der Waals surface area contributed by atoms with Crippen molar-refractivity contribution in [2.24, 2.45) is 11.3 Å². The molecule has 0 aliphatic heterocycles. The normalized spacial score (nSPS) is 12.7. The number of nitrogens with one attached hydrogen (secondary N) is 1. The Hall–Kier alpha value is -3.53. The van der Waals surface area contributed by atoms with Crippen molar-refractivity contribution in [3.63, 3.8) is 0 Å². The second-order valence-electron chi connectivity index (χ2n) is 11.2. The maximum Gasteiger partial charge on any atom is 0.281 e. The molecule has 1 atom stereocenters. The number of carbonyl (C=O) groups is 1. The average molecular weight is 562 g/mol. The highest BCUT2D eigenvalue weighted by atomic mass is 32.2. The largest absolute Gasteiger partial charge is 0.493 e. The van der Waals surface area contributed by atoms with Crippen LogP contribution in [0.3, 0.4) is 0 Å². The third-order valence-corrected chi connectivity index (χ3v) is 6.67. The lowest BCUT2D eigenvalue weighted by Gasteiger charge is -2.24. The maximum absolute atomic E-state index is 14.4. The summed E-state index contributed by atoms with van der Waals surface area (Å²) in [6.45, 7) is 14.0. The van der Waals surface area contributed by atoms with Gasteiger partial charge >= 0.3 is 0 Å². The first-order valence-corrected chi connectivity index (χ1v) is 14.2. The van der Waals surface area contributed by atoms with Crippen LogP contribution in [-0.2, 0) is 10.0 Å². The van der Waals surface area contributed by atoms with Crippen LogP contribution in [0.2, 0.25) is 0 Å². The molecule has 3 aromatic rings. The molecule has 0 fully saturated rings. The molecule has 214 valence electrons. The molecule has 0 aliphatic rings. The Morgan fingerprint density at radius 3 is 2.44 bits per heavy atom. The smallest absolute Gasteiger partial charge is 0.281 e. The lowest BCUT2D eigenvalue weighted by Crippen LogP contribution is -2.32. The molecule has 0 saturated heterocycles. The van der Waals surface area contributed by atoms with Gasteiger partial charge in [-0.1, -0.05) is 40.7 Å². The molecule has 0 spiro atoms. The molecule has 2 aromatic heterocycles. The summed E-state index contributed by atoms with van der Waals surface area (Å²) in [6, 6.07) is 11.7. The van der Waals surface area contributed by atoms with E-state index in [-0.39, 0.29) is 36.8 Å². The van der Waals surface area contributed by atoms with Crippen LogP contribution in [-0.4, -0.2) is 37.0 Å². The molecule has 3 rings (SSSR count). The number of sulfonamides is 1. The highest BCUT2D eigenvalue weighted by Crippen LogP contribution is 2.30. The van der Waals surface area contributed by atoms with Gasteiger partial charge in [0.2, 0.25) is 5.88 Å². The number of benzene rings is 1. The average Bonchev–Trinajstić information content (AvgIpc) is 2.81. The first-order chi connectivity index (χ1) is 18.1. The maximum atomic E-state index is 14.4. The van der Waals surface area contributed by atoms with E-state index in [4.69, 9.17) is 9.47 Å². The minimum absolute atomic E-state index is 0. The summed E-state index contributed by atoms with van der Waals surface area (Å²) in [6.07, 6.45) is 0.283. The molecule has 1 N–H and O–H groups in total. The summed E-state index contributed by atoms with van der Waals surface area (Å²) in [5, 5.41) is -0.280. The molecule has 1 amide bonds. The first-order valence-electron chi connectivity index (χ1n) is 12.8. The molecular weight excluding hydrogens is 521 g/mol. The van der Waals surface area contributed by atoms with E-state index in [1.54, 1.807) is 25.1 Å². The fraction of sp³-hybridized carbons (Fsp3) is 0.414. The Bertz CT molecular complexity index is 1450. The Labute approximate surface area is 233 Å². The Morgan fingerprint density at radius 1 is 1.08 bits per heavy atom. The van der Waals surface area contributed by atoms with E-state index >= 15 is 0 Å². The lowest BCUT2D eigenvalue weighted by molar-refractivity contribution is 0.0969. The van der Waals surface area contributed by atoms with Crippen molar-refractivity contribution in [2.75, 3.05) is 6.61 Å². The topological polar surface area (TPSA) is 107 Å². The van der Waals surface area contributed by atoms with E-state index in [1.807, 2.05) is 20.8 Å². The standard InChI is InChI=1S/C29H36FN3O5S.2H2/c1-18(2)17-37-23-14-21(13-22(30)15-23)25-12-11-24(28(32-25)38-20(4)16-29(5,6)7)27(34)33-39(35,36)26-10-8-9-19(3)31-26;;/h8-15,18,20H,16-17H2,1-7H3,(H,33,34);2*1H. The van der Waals surface area contributed by atoms with Crippen molar-refractivity contribution >= 4 is 15.9 Å². The van der Waals surface area contributed by atoms with Gasteiger partial charge < -0.3 is 9.47 Å². The quantitative estimate of drug-likeness (QED) is 0.303. The molecule has 0 bridgehead atoms. The number of ether oxygens (including phenoxy) is 2. The second-order valence-corrected chi connectivity index (χ2v) is 12.8. The van der Waals surface area contributed by atoms with Crippen LogP contribution in [0.5, 0.6) is 11.6 Å². The summed E-state index contributed by atoms with van der Waals surface area (Å²) in [7, 11) is -4.25. The van der Waals surface area contributed by atoms with Crippen LogP contribution in [0.1, 0.15) is 66.9 Å². The van der Waals surface area contributed by atoms with Gasteiger partial charge in [-0.2, -0.15) is 8.42 Å². The van der Waals surface area contributed by atoms with Gasteiger partial charge in [0.1, 0.15) is 17.1 Å². The predicted molar refractivity (Wildman–Crippen MR) is 152 cm³/mol. The van der Waals surface area contributed by atoms with Crippen molar-refractivity contribution in [1.29, 1.82) is 0 Å². The molecule has 1 unspecified atom stereocenters. The zero-order chi connectivity index (χ0) is 29.0. The minimum atomic E-state index is -4.25. The van der Waals surface area contributed by atoms with Gasteiger partial charge in [-0.3, -0.25) is 4.79 Å². The molecule has 8 nitrogen and oxygen atoms in total. The first kappa shape index (κ1) is 30.0. The second kappa shape index (κ2) is 12.1. The Balaban J connectivity index is 0.00000420. The monoisotopic (exact) mass is 561 g/mol. The van der Waals surface area contributed by atoms with Crippen molar-refractivity contribution in [3.05, 3.63) is 65.6 Å². The van der Waals surface area contributed by atoms with Crippen LogP contribution in [0.15, 0.2) is 53.6 Å². The number of aromatic nitrogens is 2. The van der Waals surface area contributed by atoms with Crippen LogP contribution < -0.4 is 14.2 Å². The number of halogens is 1. The number of hydrogen-bond acceptors (Lipinski definition) is 7. The van der Waals surface area contributed by atoms with E-state index in [2.05, 4.69) is 35.5 Å². The molecule has 0 radical (unpaired) electrons. The van der Waals surface area contributed by atoms with Crippen molar-refractivity contribution < 1.29 is 29.9 Å². The molecule has 1 aromatic carbocycles. The summed E-state index contributed by atoms with van der Waals surface area (Å²) in [5.74, 6) is -0.889. The van der Waals surface area contributed by atoms with E-state index in [1.165, 1.54) is 30.3 Å². The summed E-state index contributed by atoms with van der Waals surface area (Å²) >= 11 is 0. The molecule has 0 aliphatic carbocycles. The van der Waals surface area contributed by atoms with Crippen LogP contribution in [0.25, 0.3) is 11.3 Å². The number of amides is 1. The molecule has 2 heterocycles. The predicted octanol–water partition coefficient (Wildman–Crippen LogP) is 6.44. The zero-order valence-electron chi connectivity index (χ0n) is 23.4. The third-order valence-electron chi connectivity index (χ3n) is 5.43. The van der Waals surface area contributed by atoms with E-state index in [9.17, 15) is 17.6 Å². The van der Waals surface area contributed by atoms with Crippen LogP contribution >= 0.6 is 0 Å². The van der Waals surface area contributed by atoms with Crippen LogP contribution in [0, 0.1) is 24.1 Å². The lowest BCUT2D eigenvalue weighted by atomic mass is 9.90. The van der Waals surface area contributed by atoms with Gasteiger partial charge in [-0.15, -0.1) is 0 Å². The molecule has 0 saturated carbocycles. The van der Waals surface area contributed by atoms with Gasteiger partial charge in [-0.05, 0) is 68.0 Å². The van der Waals surface area contributed by atoms with Gasteiger partial charge in [0, 0.05) is 20.2 Å². The minimum Gasteiger partial charge on any atom is -0.493 e. The van der Waals surface area contributed by atoms with Crippen molar-refractivity contribution in [1.82, 2.24) is 14.7 Å². The van der Waals surface area contributed by atoms with Gasteiger partial charge in [-0.25, -0.2) is 19.1 Å². The van der Waals surface area contributed by atoms with Crippen molar-refractivity contribution in [3.8, 4) is 22.9 Å². The highest BCUT2D eigenvalue weighted by molar-refractivity contribution is 7.90.